The number of phenols is 1. The number of aromatic hydroxyl groups is 1. The minimum Gasteiger partial charge on any atom is -0.508 e. The molecule has 0 radical (unpaired) electrons. The van der Waals surface area contributed by atoms with Crippen molar-refractivity contribution in [2.75, 3.05) is 51.1 Å². The lowest BCUT2D eigenvalue weighted by molar-refractivity contribution is -0.123. The average molecular weight is 348 g/mol. The maximum absolute atomic E-state index is 12.1. The Kier molecular flexibility index (Phi) is 7.69. The second kappa shape index (κ2) is 10.0. The van der Waals surface area contributed by atoms with E-state index < -0.39 is 0 Å². The molecule has 0 bridgehead atoms. The molecule has 0 unspecified atom stereocenters. The quantitative estimate of drug-likeness (QED) is 0.479. The number of phenolic OH excluding ortho intramolecular Hbond substituents is 1. The number of amides is 2. The fraction of sp³-hybridized carbons (Fsp3) is 0.556. The Labute approximate surface area is 149 Å². The van der Waals surface area contributed by atoms with Gasteiger partial charge < -0.3 is 15.7 Å². The van der Waals surface area contributed by atoms with Crippen molar-refractivity contribution in [2.45, 2.75) is 19.8 Å². The number of benzene rings is 1. The van der Waals surface area contributed by atoms with Gasteiger partial charge >= 0.3 is 0 Å². The van der Waals surface area contributed by atoms with Gasteiger partial charge in [0.15, 0.2) is 0 Å². The van der Waals surface area contributed by atoms with Gasteiger partial charge in [-0.2, -0.15) is 0 Å². The summed E-state index contributed by atoms with van der Waals surface area (Å²) < 4.78 is 0. The molecule has 1 aliphatic rings. The Balaban J connectivity index is 1.65. The van der Waals surface area contributed by atoms with Gasteiger partial charge in [0, 0.05) is 38.4 Å². The van der Waals surface area contributed by atoms with E-state index in [1.807, 2.05) is 0 Å². The molecule has 1 fully saturated rings. The van der Waals surface area contributed by atoms with Gasteiger partial charge in [-0.25, -0.2) is 0 Å². The van der Waals surface area contributed by atoms with Crippen LogP contribution in [0.1, 0.15) is 19.8 Å². The van der Waals surface area contributed by atoms with Crippen LogP contribution in [0, 0.1) is 0 Å². The first-order valence-corrected chi connectivity index (χ1v) is 8.87. The summed E-state index contributed by atoms with van der Waals surface area (Å²) in [6.07, 6.45) is 2.08. The lowest BCUT2D eigenvalue weighted by atomic mass is 10.3. The Morgan fingerprint density at radius 2 is 1.56 bits per heavy atom. The van der Waals surface area contributed by atoms with E-state index in [-0.39, 0.29) is 17.6 Å². The monoisotopic (exact) mass is 348 g/mol. The number of nitrogens with one attached hydrogen (secondary N) is 2. The normalized spacial score (nSPS) is 15.7. The maximum Gasteiger partial charge on any atom is 0.238 e. The molecular formula is C18H28N4O3. The average Bonchev–Trinajstić information content (AvgIpc) is 2.59. The Morgan fingerprint density at radius 1 is 1.00 bits per heavy atom. The van der Waals surface area contributed by atoms with Crippen molar-refractivity contribution in [3.05, 3.63) is 24.3 Å². The van der Waals surface area contributed by atoms with E-state index >= 15 is 0 Å². The van der Waals surface area contributed by atoms with E-state index in [0.717, 1.165) is 45.6 Å². The van der Waals surface area contributed by atoms with Crippen LogP contribution >= 0.6 is 0 Å². The standard InChI is InChI=1S/C18H28N4O3/c1-2-3-8-19-17(24)13-21-9-11-22(12-10-21)14-18(25)20-15-4-6-16(23)7-5-15/h4-7,23H,2-3,8-14H2,1H3,(H,19,24)(H,20,25). The first-order valence-electron chi connectivity index (χ1n) is 8.87. The Morgan fingerprint density at radius 3 is 2.12 bits per heavy atom. The van der Waals surface area contributed by atoms with E-state index in [9.17, 15) is 14.7 Å². The van der Waals surface area contributed by atoms with Gasteiger partial charge in [0.25, 0.3) is 0 Å². The van der Waals surface area contributed by atoms with Gasteiger partial charge in [0.2, 0.25) is 11.8 Å². The first kappa shape index (κ1) is 19.2. The highest BCUT2D eigenvalue weighted by atomic mass is 16.3. The van der Waals surface area contributed by atoms with E-state index in [4.69, 9.17) is 0 Å². The van der Waals surface area contributed by atoms with Crippen LogP contribution in [-0.4, -0.2) is 72.5 Å². The SMILES string of the molecule is CCCCNC(=O)CN1CCN(CC(=O)Nc2ccc(O)cc2)CC1. The zero-order valence-corrected chi connectivity index (χ0v) is 14.8. The van der Waals surface area contributed by atoms with Gasteiger partial charge in [-0.1, -0.05) is 13.3 Å². The molecule has 3 N–H and O–H groups in total. The number of carbonyl (C=O) groups is 2. The van der Waals surface area contributed by atoms with Gasteiger partial charge in [-0.15, -0.1) is 0 Å². The molecule has 0 atom stereocenters. The van der Waals surface area contributed by atoms with Crippen LogP contribution in [0.3, 0.4) is 0 Å². The van der Waals surface area contributed by atoms with Crippen LogP contribution in [0.4, 0.5) is 5.69 Å². The largest absolute Gasteiger partial charge is 0.508 e. The van der Waals surface area contributed by atoms with Crippen LogP contribution in [0.2, 0.25) is 0 Å². The van der Waals surface area contributed by atoms with E-state index in [1.54, 1.807) is 24.3 Å². The van der Waals surface area contributed by atoms with Crippen molar-refractivity contribution in [1.82, 2.24) is 15.1 Å². The van der Waals surface area contributed by atoms with Crippen molar-refractivity contribution in [1.29, 1.82) is 0 Å². The molecule has 1 heterocycles. The molecule has 7 nitrogen and oxygen atoms in total. The molecule has 1 aromatic carbocycles. The fourth-order valence-electron chi connectivity index (χ4n) is 2.72. The summed E-state index contributed by atoms with van der Waals surface area (Å²) in [6.45, 7) is 6.71. The summed E-state index contributed by atoms with van der Waals surface area (Å²) in [5.41, 5.74) is 0.671. The predicted octanol–water partition coefficient (Wildman–Crippen LogP) is 0.865. The lowest BCUT2D eigenvalue weighted by Gasteiger charge is -2.33. The van der Waals surface area contributed by atoms with Crippen molar-refractivity contribution in [2.24, 2.45) is 0 Å². The molecule has 1 aliphatic heterocycles. The number of carbonyl (C=O) groups excluding carboxylic acids is 2. The van der Waals surface area contributed by atoms with Crippen molar-refractivity contribution in [3.8, 4) is 5.75 Å². The van der Waals surface area contributed by atoms with E-state index in [0.29, 0.717) is 18.8 Å². The smallest absolute Gasteiger partial charge is 0.238 e. The molecule has 2 amide bonds. The highest BCUT2D eigenvalue weighted by Gasteiger charge is 2.20. The van der Waals surface area contributed by atoms with Crippen molar-refractivity contribution in [3.63, 3.8) is 0 Å². The van der Waals surface area contributed by atoms with Crippen LogP contribution < -0.4 is 10.6 Å². The third-order valence-corrected chi connectivity index (χ3v) is 4.20. The van der Waals surface area contributed by atoms with Crippen LogP contribution in [0.25, 0.3) is 0 Å². The summed E-state index contributed by atoms with van der Waals surface area (Å²) in [5.74, 6) is 0.177. The minimum absolute atomic E-state index is 0.0727. The van der Waals surface area contributed by atoms with Gasteiger partial charge in [-0.3, -0.25) is 19.4 Å². The summed E-state index contributed by atoms with van der Waals surface area (Å²) in [5, 5.41) is 15.0. The molecule has 25 heavy (non-hydrogen) atoms. The third-order valence-electron chi connectivity index (χ3n) is 4.20. The molecule has 0 aromatic heterocycles. The lowest BCUT2D eigenvalue weighted by Crippen LogP contribution is -2.51. The minimum atomic E-state index is -0.0727. The number of nitrogens with zero attached hydrogens (tertiary/aromatic N) is 2. The highest BCUT2D eigenvalue weighted by molar-refractivity contribution is 5.92. The topological polar surface area (TPSA) is 84.9 Å². The second-order valence-electron chi connectivity index (χ2n) is 6.35. The maximum atomic E-state index is 12.1. The first-order chi connectivity index (χ1) is 12.1. The summed E-state index contributed by atoms with van der Waals surface area (Å²) in [7, 11) is 0. The molecule has 1 aromatic rings. The summed E-state index contributed by atoms with van der Waals surface area (Å²) >= 11 is 0. The molecule has 0 aliphatic carbocycles. The zero-order chi connectivity index (χ0) is 18.1. The van der Waals surface area contributed by atoms with Crippen LogP contribution in [0.15, 0.2) is 24.3 Å². The predicted molar refractivity (Wildman–Crippen MR) is 97.5 cm³/mol. The molecular weight excluding hydrogens is 320 g/mol. The number of anilines is 1. The third kappa shape index (κ3) is 7.11. The Hall–Kier alpha value is -2.12. The van der Waals surface area contributed by atoms with Crippen LogP contribution in [0.5, 0.6) is 5.75 Å². The van der Waals surface area contributed by atoms with Crippen molar-refractivity contribution >= 4 is 17.5 Å². The highest BCUT2D eigenvalue weighted by Crippen LogP contribution is 2.13. The van der Waals surface area contributed by atoms with Gasteiger partial charge in [-0.05, 0) is 30.7 Å². The van der Waals surface area contributed by atoms with Gasteiger partial charge in [0.05, 0.1) is 13.1 Å². The molecule has 7 heteroatoms. The zero-order valence-electron chi connectivity index (χ0n) is 14.8. The molecule has 0 spiro atoms. The second-order valence-corrected chi connectivity index (χ2v) is 6.35. The molecule has 138 valence electrons. The molecule has 1 saturated heterocycles. The molecule has 2 rings (SSSR count). The fourth-order valence-corrected chi connectivity index (χ4v) is 2.72. The van der Waals surface area contributed by atoms with E-state index in [1.165, 1.54) is 0 Å². The van der Waals surface area contributed by atoms with Crippen molar-refractivity contribution < 1.29 is 14.7 Å². The van der Waals surface area contributed by atoms with Crippen LogP contribution in [-0.2, 0) is 9.59 Å². The number of hydrogen-bond donors (Lipinski definition) is 3. The van der Waals surface area contributed by atoms with Gasteiger partial charge in [0.1, 0.15) is 5.75 Å². The van der Waals surface area contributed by atoms with E-state index in [2.05, 4.69) is 27.4 Å². The summed E-state index contributed by atoms with van der Waals surface area (Å²) in [4.78, 5) is 28.1. The number of unbranched alkanes of at least 4 members (excludes halogenated alkanes) is 1. The number of hydrogen-bond acceptors (Lipinski definition) is 5. The summed E-state index contributed by atoms with van der Waals surface area (Å²) in [6, 6.07) is 6.42. The molecule has 0 saturated carbocycles. The number of rotatable bonds is 8. The number of piperazine rings is 1. The Bertz CT molecular complexity index is 554.